The third-order valence-electron chi connectivity index (χ3n) is 3.93. The van der Waals surface area contributed by atoms with Gasteiger partial charge in [0.15, 0.2) is 0 Å². The van der Waals surface area contributed by atoms with Crippen molar-refractivity contribution in [2.24, 2.45) is 0 Å². The molecule has 2 aromatic rings. The summed E-state index contributed by atoms with van der Waals surface area (Å²) in [5.74, 6) is 0.905. The lowest BCUT2D eigenvalue weighted by atomic mass is 9.84. The first kappa shape index (κ1) is 15.3. The third kappa shape index (κ3) is 2.57. The summed E-state index contributed by atoms with van der Waals surface area (Å²) in [5.41, 5.74) is 0.960. The fraction of sp³-hybridized carbons (Fsp3) is 0.500. The number of nitrogens with one attached hydrogen (secondary N) is 1. The first-order chi connectivity index (χ1) is 10.3. The van der Waals surface area contributed by atoms with Gasteiger partial charge >= 0.3 is 0 Å². The first-order valence-corrected chi connectivity index (χ1v) is 8.54. The summed E-state index contributed by atoms with van der Waals surface area (Å²) in [7, 11) is -3.68. The highest BCUT2D eigenvalue weighted by Gasteiger charge is 2.44. The topological polar surface area (TPSA) is 97.4 Å². The molecular formula is C14H19N3O4S. The van der Waals surface area contributed by atoms with Gasteiger partial charge in [-0.3, -0.25) is 4.68 Å². The van der Waals surface area contributed by atoms with Crippen molar-refractivity contribution in [3.05, 3.63) is 35.5 Å². The predicted molar refractivity (Wildman–Crippen MR) is 78.9 cm³/mol. The van der Waals surface area contributed by atoms with Gasteiger partial charge in [0.2, 0.25) is 10.0 Å². The number of hydrogen-bond donors (Lipinski definition) is 2. The van der Waals surface area contributed by atoms with Crippen molar-refractivity contribution in [2.45, 2.75) is 50.3 Å². The van der Waals surface area contributed by atoms with Crippen LogP contribution in [0.1, 0.15) is 29.5 Å². The Morgan fingerprint density at radius 1 is 1.41 bits per heavy atom. The van der Waals surface area contributed by atoms with Crippen molar-refractivity contribution in [1.29, 1.82) is 0 Å². The molecule has 2 aromatic heterocycles. The summed E-state index contributed by atoms with van der Waals surface area (Å²) >= 11 is 0. The van der Waals surface area contributed by atoms with E-state index >= 15 is 0 Å². The van der Waals surface area contributed by atoms with Crippen molar-refractivity contribution in [1.82, 2.24) is 14.5 Å². The van der Waals surface area contributed by atoms with E-state index in [9.17, 15) is 13.5 Å². The number of aliphatic hydroxyl groups excluding tert-OH is 1. The summed E-state index contributed by atoms with van der Waals surface area (Å²) in [6, 6.07) is 0.713. The Morgan fingerprint density at radius 2 is 2.14 bits per heavy atom. The van der Waals surface area contributed by atoms with E-state index in [0.717, 1.165) is 5.56 Å². The van der Waals surface area contributed by atoms with Crippen LogP contribution in [-0.4, -0.2) is 35.5 Å². The zero-order valence-electron chi connectivity index (χ0n) is 12.6. The van der Waals surface area contributed by atoms with Crippen molar-refractivity contribution in [3.8, 4) is 0 Å². The Labute approximate surface area is 129 Å². The van der Waals surface area contributed by atoms with Crippen LogP contribution in [0.4, 0.5) is 0 Å². The summed E-state index contributed by atoms with van der Waals surface area (Å²) < 4.78 is 34.5. The van der Waals surface area contributed by atoms with Crippen LogP contribution in [-0.2, 0) is 10.0 Å². The van der Waals surface area contributed by atoms with E-state index in [1.165, 1.54) is 6.07 Å². The maximum absolute atomic E-state index is 12.5. The summed E-state index contributed by atoms with van der Waals surface area (Å²) in [6.07, 6.45) is 3.22. The Kier molecular flexibility index (Phi) is 3.62. The molecule has 0 aromatic carbocycles. The van der Waals surface area contributed by atoms with E-state index in [0.29, 0.717) is 17.9 Å². The number of aliphatic hydroxyl groups is 1. The molecule has 0 aliphatic heterocycles. The normalized spacial score (nSPS) is 25.2. The minimum absolute atomic E-state index is 0.141. The molecule has 0 saturated heterocycles. The lowest BCUT2D eigenvalue weighted by Gasteiger charge is -2.41. The molecule has 0 spiro atoms. The zero-order valence-corrected chi connectivity index (χ0v) is 13.5. The van der Waals surface area contributed by atoms with Crippen molar-refractivity contribution >= 4 is 10.0 Å². The molecule has 0 radical (unpaired) electrons. The maximum atomic E-state index is 12.5. The number of furan rings is 1. The molecule has 22 heavy (non-hydrogen) atoms. The van der Waals surface area contributed by atoms with E-state index in [1.807, 2.05) is 6.92 Å². The van der Waals surface area contributed by atoms with Crippen LogP contribution in [0, 0.1) is 20.8 Å². The van der Waals surface area contributed by atoms with Crippen molar-refractivity contribution < 1.29 is 17.9 Å². The van der Waals surface area contributed by atoms with E-state index in [1.54, 1.807) is 30.9 Å². The van der Waals surface area contributed by atoms with Crippen LogP contribution in [0.15, 0.2) is 27.8 Å². The number of hydrogen-bond acceptors (Lipinski definition) is 5. The molecule has 120 valence electrons. The molecule has 2 heterocycles. The molecule has 7 nitrogen and oxygen atoms in total. The van der Waals surface area contributed by atoms with Gasteiger partial charge in [-0.15, -0.1) is 0 Å². The summed E-state index contributed by atoms with van der Waals surface area (Å²) in [4.78, 5) is 0.141. The molecule has 1 fully saturated rings. The molecule has 3 rings (SSSR count). The number of aryl methyl sites for hydroxylation is 3. The van der Waals surface area contributed by atoms with Gasteiger partial charge in [-0.25, -0.2) is 13.1 Å². The van der Waals surface area contributed by atoms with Crippen LogP contribution in [0.5, 0.6) is 0 Å². The Morgan fingerprint density at radius 3 is 2.64 bits per heavy atom. The molecule has 0 bridgehead atoms. The van der Waals surface area contributed by atoms with E-state index in [2.05, 4.69) is 9.82 Å². The van der Waals surface area contributed by atoms with Gasteiger partial charge in [0, 0.05) is 12.2 Å². The molecule has 8 heteroatoms. The van der Waals surface area contributed by atoms with Crippen LogP contribution in [0.25, 0.3) is 0 Å². The minimum atomic E-state index is -3.68. The fourth-order valence-electron chi connectivity index (χ4n) is 2.82. The second-order valence-electron chi connectivity index (χ2n) is 5.80. The van der Waals surface area contributed by atoms with Gasteiger partial charge in [0.25, 0.3) is 0 Å². The second-order valence-corrected chi connectivity index (χ2v) is 7.48. The van der Waals surface area contributed by atoms with E-state index < -0.39 is 28.2 Å². The average Bonchev–Trinajstić information content (AvgIpc) is 2.94. The van der Waals surface area contributed by atoms with Gasteiger partial charge in [-0.2, -0.15) is 5.10 Å². The maximum Gasteiger partial charge on any atom is 0.244 e. The van der Waals surface area contributed by atoms with Gasteiger partial charge in [0.05, 0.1) is 18.3 Å². The number of nitrogens with zero attached hydrogens (tertiary/aromatic N) is 2. The largest absolute Gasteiger partial charge is 0.465 e. The second kappa shape index (κ2) is 5.22. The molecule has 0 unspecified atom stereocenters. The summed E-state index contributed by atoms with van der Waals surface area (Å²) in [6.45, 7) is 5.21. The van der Waals surface area contributed by atoms with Gasteiger partial charge in [-0.05, 0) is 38.8 Å². The predicted octanol–water partition coefficient (Wildman–Crippen LogP) is 1.05. The molecule has 1 aliphatic rings. The Hall–Kier alpha value is -1.64. The minimum Gasteiger partial charge on any atom is -0.465 e. The third-order valence-corrected chi connectivity index (χ3v) is 5.53. The molecule has 0 amide bonds. The SMILES string of the molecule is Cc1cnn([C@H]2[C@H](O)C[C@@H]2NS(=O)(=O)c2cc(C)oc2C)c1. The molecule has 1 aliphatic carbocycles. The lowest BCUT2D eigenvalue weighted by Crippen LogP contribution is -2.56. The monoisotopic (exact) mass is 325 g/mol. The van der Waals surface area contributed by atoms with E-state index in [4.69, 9.17) is 4.42 Å². The van der Waals surface area contributed by atoms with Gasteiger partial charge < -0.3 is 9.52 Å². The highest BCUT2D eigenvalue weighted by atomic mass is 32.2. The van der Waals surface area contributed by atoms with Gasteiger partial charge in [-0.1, -0.05) is 0 Å². The standard InChI is InChI=1S/C14H19N3O4S/c1-8-6-15-17(7-8)14-11(5-12(14)18)16-22(19,20)13-4-9(2)21-10(13)3/h4,6-7,11-12,14,16,18H,5H2,1-3H3/t11-,12+,14+/m0/s1. The van der Waals surface area contributed by atoms with E-state index in [-0.39, 0.29) is 4.90 Å². The Balaban J connectivity index is 1.82. The van der Waals surface area contributed by atoms with Crippen LogP contribution in [0.2, 0.25) is 0 Å². The smallest absolute Gasteiger partial charge is 0.244 e. The average molecular weight is 325 g/mol. The summed E-state index contributed by atoms with van der Waals surface area (Å²) in [5, 5.41) is 14.1. The zero-order chi connectivity index (χ0) is 16.1. The fourth-order valence-corrected chi connectivity index (χ4v) is 4.33. The highest BCUT2D eigenvalue weighted by molar-refractivity contribution is 7.89. The van der Waals surface area contributed by atoms with Crippen molar-refractivity contribution in [2.75, 3.05) is 0 Å². The quantitative estimate of drug-likeness (QED) is 0.876. The van der Waals surface area contributed by atoms with Crippen LogP contribution >= 0.6 is 0 Å². The van der Waals surface area contributed by atoms with Crippen molar-refractivity contribution in [3.63, 3.8) is 0 Å². The Bertz CT molecular complexity index is 793. The number of sulfonamides is 1. The highest BCUT2D eigenvalue weighted by Crippen LogP contribution is 2.34. The first-order valence-electron chi connectivity index (χ1n) is 7.06. The molecular weight excluding hydrogens is 306 g/mol. The van der Waals surface area contributed by atoms with Gasteiger partial charge in [0.1, 0.15) is 16.4 Å². The molecule has 3 atom stereocenters. The molecule has 1 saturated carbocycles. The van der Waals surface area contributed by atoms with Crippen LogP contribution < -0.4 is 4.72 Å². The molecule has 2 N–H and O–H groups in total. The lowest BCUT2D eigenvalue weighted by molar-refractivity contribution is 0.000516. The number of aromatic nitrogens is 2. The number of rotatable bonds is 4. The van der Waals surface area contributed by atoms with Crippen LogP contribution in [0.3, 0.4) is 0 Å².